The van der Waals surface area contributed by atoms with E-state index in [2.05, 4.69) is 5.32 Å². The Morgan fingerprint density at radius 2 is 1.90 bits per heavy atom. The highest BCUT2D eigenvalue weighted by atomic mass is 35.5. The van der Waals surface area contributed by atoms with Crippen molar-refractivity contribution in [2.75, 3.05) is 18.5 Å². The molecule has 0 unspecified atom stereocenters. The molecule has 1 aromatic carbocycles. The molecule has 0 bridgehead atoms. The quantitative estimate of drug-likeness (QED) is 0.874. The summed E-state index contributed by atoms with van der Waals surface area (Å²) in [5.74, 6) is 1.000. The lowest BCUT2D eigenvalue weighted by Crippen LogP contribution is -2.11. The molecule has 110 valence electrons. The topological polar surface area (TPSA) is 47.6 Å². The number of carbonyl (C=O) groups excluding carboxylic acids is 1. The van der Waals surface area contributed by atoms with E-state index in [0.717, 1.165) is 17.8 Å². The van der Waals surface area contributed by atoms with Crippen LogP contribution in [0.2, 0.25) is 8.67 Å². The largest absolute Gasteiger partial charge is 0.490 e. The number of thiophene rings is 1. The molecule has 0 saturated heterocycles. The standard InChI is InChI=1S/C14H11Cl2NO3S/c15-12-7-9(13(16)21-12)14(18)17-8-2-3-10-11(6-8)20-5-1-4-19-10/h2-3,6-7H,1,4-5H2,(H,17,18). The lowest BCUT2D eigenvalue weighted by Gasteiger charge is -2.10. The number of fused-ring (bicyclic) bond motifs is 1. The van der Waals surface area contributed by atoms with Gasteiger partial charge in [-0.1, -0.05) is 23.2 Å². The predicted molar refractivity (Wildman–Crippen MR) is 84.3 cm³/mol. The molecule has 0 spiro atoms. The van der Waals surface area contributed by atoms with Crippen LogP contribution in [0.25, 0.3) is 0 Å². The maximum absolute atomic E-state index is 12.2. The molecule has 0 saturated carbocycles. The summed E-state index contributed by atoms with van der Waals surface area (Å²) in [6, 6.07) is 6.82. The normalized spacial score (nSPS) is 13.6. The number of hydrogen-bond donors (Lipinski definition) is 1. The molecule has 1 aliphatic heterocycles. The third-order valence-corrected chi connectivity index (χ3v) is 4.39. The SMILES string of the molecule is O=C(Nc1ccc2c(c1)OCCCO2)c1cc(Cl)sc1Cl. The minimum absolute atomic E-state index is 0.308. The molecular formula is C14H11Cl2NO3S. The Kier molecular flexibility index (Phi) is 4.24. The monoisotopic (exact) mass is 343 g/mol. The van der Waals surface area contributed by atoms with Gasteiger partial charge in [-0.25, -0.2) is 0 Å². The zero-order valence-electron chi connectivity index (χ0n) is 10.8. The molecule has 1 amide bonds. The summed E-state index contributed by atoms with van der Waals surface area (Å²) in [4.78, 5) is 12.2. The summed E-state index contributed by atoms with van der Waals surface area (Å²) in [6.45, 7) is 1.22. The first-order chi connectivity index (χ1) is 10.1. The van der Waals surface area contributed by atoms with Crippen LogP contribution in [0.4, 0.5) is 5.69 Å². The highest BCUT2D eigenvalue weighted by molar-refractivity contribution is 7.20. The molecule has 1 N–H and O–H groups in total. The van der Waals surface area contributed by atoms with Crippen molar-refractivity contribution < 1.29 is 14.3 Å². The molecule has 0 atom stereocenters. The molecule has 2 heterocycles. The summed E-state index contributed by atoms with van der Waals surface area (Å²) in [7, 11) is 0. The second-order valence-corrected chi connectivity index (χ2v) is 6.69. The van der Waals surface area contributed by atoms with Crippen molar-refractivity contribution in [3.05, 3.63) is 38.5 Å². The molecule has 3 rings (SSSR count). The number of ether oxygens (including phenoxy) is 2. The van der Waals surface area contributed by atoms with E-state index >= 15 is 0 Å². The first kappa shape index (κ1) is 14.5. The maximum Gasteiger partial charge on any atom is 0.258 e. The van der Waals surface area contributed by atoms with Crippen LogP contribution in [-0.2, 0) is 0 Å². The summed E-state index contributed by atoms with van der Waals surface area (Å²) in [5, 5.41) is 2.77. The maximum atomic E-state index is 12.2. The van der Waals surface area contributed by atoms with E-state index in [1.165, 1.54) is 0 Å². The van der Waals surface area contributed by atoms with Crippen molar-refractivity contribution in [1.82, 2.24) is 0 Å². The summed E-state index contributed by atoms with van der Waals surface area (Å²) < 4.78 is 12.0. The molecule has 21 heavy (non-hydrogen) atoms. The van der Waals surface area contributed by atoms with Gasteiger partial charge in [-0.3, -0.25) is 4.79 Å². The average molecular weight is 344 g/mol. The molecule has 0 aliphatic carbocycles. The van der Waals surface area contributed by atoms with Gasteiger partial charge in [0.15, 0.2) is 11.5 Å². The summed E-state index contributed by atoms with van der Waals surface area (Å²) in [5.41, 5.74) is 0.974. The van der Waals surface area contributed by atoms with E-state index in [9.17, 15) is 4.79 Å². The van der Waals surface area contributed by atoms with Gasteiger partial charge in [0, 0.05) is 18.2 Å². The Morgan fingerprint density at radius 1 is 1.14 bits per heavy atom. The highest BCUT2D eigenvalue weighted by Crippen LogP contribution is 2.34. The van der Waals surface area contributed by atoms with Crippen LogP contribution in [-0.4, -0.2) is 19.1 Å². The Morgan fingerprint density at radius 3 is 2.62 bits per heavy atom. The third-order valence-electron chi connectivity index (χ3n) is 2.91. The number of benzene rings is 1. The van der Waals surface area contributed by atoms with E-state index in [1.54, 1.807) is 24.3 Å². The van der Waals surface area contributed by atoms with Crippen LogP contribution in [0, 0.1) is 0 Å². The second-order valence-electron chi connectivity index (χ2n) is 4.40. The van der Waals surface area contributed by atoms with Crippen LogP contribution in [0.15, 0.2) is 24.3 Å². The predicted octanol–water partition coefficient (Wildman–Crippen LogP) is 4.47. The molecule has 1 aliphatic rings. The van der Waals surface area contributed by atoms with E-state index in [-0.39, 0.29) is 5.91 Å². The third kappa shape index (κ3) is 3.26. The molecule has 7 heteroatoms. The number of anilines is 1. The van der Waals surface area contributed by atoms with Gasteiger partial charge in [0.1, 0.15) is 4.34 Å². The van der Waals surface area contributed by atoms with Crippen molar-refractivity contribution in [1.29, 1.82) is 0 Å². The van der Waals surface area contributed by atoms with Gasteiger partial charge >= 0.3 is 0 Å². The van der Waals surface area contributed by atoms with E-state index in [4.69, 9.17) is 32.7 Å². The summed E-state index contributed by atoms with van der Waals surface area (Å²) in [6.07, 6.45) is 0.833. The van der Waals surface area contributed by atoms with E-state index in [1.807, 2.05) is 0 Å². The first-order valence-corrected chi connectivity index (χ1v) is 7.86. The van der Waals surface area contributed by atoms with Crippen LogP contribution in [0.1, 0.15) is 16.8 Å². The van der Waals surface area contributed by atoms with Gasteiger partial charge in [0.05, 0.1) is 23.1 Å². The van der Waals surface area contributed by atoms with Gasteiger partial charge in [0.25, 0.3) is 5.91 Å². The minimum atomic E-state index is -0.308. The zero-order valence-corrected chi connectivity index (χ0v) is 13.1. The Hall–Kier alpha value is -1.43. The Bertz CT molecular complexity index is 687. The van der Waals surface area contributed by atoms with Crippen LogP contribution in [0.3, 0.4) is 0 Å². The Balaban J connectivity index is 1.80. The van der Waals surface area contributed by atoms with Gasteiger partial charge in [-0.15, -0.1) is 11.3 Å². The van der Waals surface area contributed by atoms with Crippen molar-refractivity contribution >= 4 is 46.1 Å². The lowest BCUT2D eigenvalue weighted by molar-refractivity contribution is 0.102. The smallest absolute Gasteiger partial charge is 0.258 e. The van der Waals surface area contributed by atoms with Crippen molar-refractivity contribution in [3.8, 4) is 11.5 Å². The lowest BCUT2D eigenvalue weighted by atomic mass is 10.2. The molecule has 0 fully saturated rings. The van der Waals surface area contributed by atoms with Crippen molar-refractivity contribution in [2.24, 2.45) is 0 Å². The number of carbonyl (C=O) groups is 1. The highest BCUT2D eigenvalue weighted by Gasteiger charge is 2.16. The van der Waals surface area contributed by atoms with E-state index < -0.39 is 0 Å². The molecule has 1 aromatic heterocycles. The number of halogens is 2. The second kappa shape index (κ2) is 6.13. The zero-order chi connectivity index (χ0) is 14.8. The van der Waals surface area contributed by atoms with E-state index in [0.29, 0.717) is 44.6 Å². The van der Waals surface area contributed by atoms with Crippen LogP contribution in [0.5, 0.6) is 11.5 Å². The van der Waals surface area contributed by atoms with Gasteiger partial charge in [-0.2, -0.15) is 0 Å². The summed E-state index contributed by atoms with van der Waals surface area (Å²) >= 11 is 13.0. The number of nitrogens with one attached hydrogen (secondary N) is 1. The fraction of sp³-hybridized carbons (Fsp3) is 0.214. The number of rotatable bonds is 2. The number of amides is 1. The van der Waals surface area contributed by atoms with Gasteiger partial charge in [-0.05, 0) is 18.2 Å². The minimum Gasteiger partial charge on any atom is -0.490 e. The van der Waals surface area contributed by atoms with Gasteiger partial charge in [0.2, 0.25) is 0 Å². The van der Waals surface area contributed by atoms with Crippen LogP contribution >= 0.6 is 34.5 Å². The fourth-order valence-corrected chi connectivity index (χ4v) is 3.39. The molecular weight excluding hydrogens is 333 g/mol. The fourth-order valence-electron chi connectivity index (χ4n) is 1.93. The van der Waals surface area contributed by atoms with Crippen LogP contribution < -0.4 is 14.8 Å². The van der Waals surface area contributed by atoms with Crippen molar-refractivity contribution in [2.45, 2.75) is 6.42 Å². The average Bonchev–Trinajstić information content (AvgIpc) is 2.66. The van der Waals surface area contributed by atoms with Gasteiger partial charge < -0.3 is 14.8 Å². The molecule has 4 nitrogen and oxygen atoms in total. The molecule has 0 radical (unpaired) electrons. The number of hydrogen-bond acceptors (Lipinski definition) is 4. The Labute approximate surface area is 135 Å². The first-order valence-electron chi connectivity index (χ1n) is 6.29. The molecule has 2 aromatic rings. The van der Waals surface area contributed by atoms with Crippen molar-refractivity contribution in [3.63, 3.8) is 0 Å².